The lowest BCUT2D eigenvalue weighted by Gasteiger charge is -2.21. The molecule has 2 amide bonds. The molecule has 0 unspecified atom stereocenters. The summed E-state index contributed by atoms with van der Waals surface area (Å²) >= 11 is 0. The van der Waals surface area contributed by atoms with E-state index >= 15 is 0 Å². The highest BCUT2D eigenvalue weighted by molar-refractivity contribution is 5.84. The Labute approximate surface area is 123 Å². The molecule has 21 heavy (non-hydrogen) atoms. The third-order valence-corrected chi connectivity index (χ3v) is 4.44. The average Bonchev–Trinajstić information content (AvgIpc) is 2.99. The summed E-state index contributed by atoms with van der Waals surface area (Å²) in [5.74, 6) is 0.0826. The van der Waals surface area contributed by atoms with Crippen LogP contribution < -0.4 is 0 Å². The molecule has 2 aliphatic heterocycles. The predicted molar refractivity (Wildman–Crippen MR) is 75.7 cm³/mol. The highest BCUT2D eigenvalue weighted by Crippen LogP contribution is 2.33. The van der Waals surface area contributed by atoms with Gasteiger partial charge in [-0.15, -0.1) is 0 Å². The summed E-state index contributed by atoms with van der Waals surface area (Å²) < 4.78 is 13.2. The number of hydrogen-bond donors (Lipinski definition) is 0. The Morgan fingerprint density at radius 3 is 2.81 bits per heavy atom. The zero-order valence-electron chi connectivity index (χ0n) is 12.1. The topological polar surface area (TPSA) is 40.6 Å². The first-order valence-electron chi connectivity index (χ1n) is 7.39. The van der Waals surface area contributed by atoms with Gasteiger partial charge in [-0.05, 0) is 17.7 Å². The molecule has 0 aromatic heterocycles. The zero-order chi connectivity index (χ0) is 15.0. The summed E-state index contributed by atoms with van der Waals surface area (Å²) in [5.41, 5.74) is 0.810. The lowest BCUT2D eigenvalue weighted by molar-refractivity contribution is -0.133. The molecule has 0 bridgehead atoms. The molecule has 2 atom stereocenters. The van der Waals surface area contributed by atoms with E-state index in [9.17, 15) is 14.0 Å². The average molecular weight is 290 g/mol. The zero-order valence-corrected chi connectivity index (χ0v) is 12.1. The number of carbonyl (C=O) groups excluding carboxylic acids is 2. The molecule has 0 saturated carbocycles. The Kier molecular flexibility index (Phi) is 3.66. The van der Waals surface area contributed by atoms with Crippen molar-refractivity contribution in [1.29, 1.82) is 0 Å². The third-order valence-electron chi connectivity index (χ3n) is 4.44. The van der Waals surface area contributed by atoms with Crippen molar-refractivity contribution in [2.75, 3.05) is 19.6 Å². The van der Waals surface area contributed by atoms with Gasteiger partial charge in [0.25, 0.3) is 0 Å². The third kappa shape index (κ3) is 2.64. The molecular formula is C16H19FN2O2. The molecule has 4 nitrogen and oxygen atoms in total. The van der Waals surface area contributed by atoms with Crippen molar-refractivity contribution in [2.45, 2.75) is 19.9 Å². The fourth-order valence-electron chi connectivity index (χ4n) is 3.37. The standard InChI is InChI=1S/C16H19FN2O2/c1-2-15(20)18-8-12-9-19(16(21)14(12)10-18)7-11-4-3-5-13(17)6-11/h3-6,12,14H,2,7-10H2,1H3/t12-,14-/m0/s1. The Morgan fingerprint density at radius 2 is 2.14 bits per heavy atom. The van der Waals surface area contributed by atoms with Gasteiger partial charge in [0.05, 0.1) is 5.92 Å². The molecule has 3 rings (SSSR count). The first-order chi connectivity index (χ1) is 10.1. The smallest absolute Gasteiger partial charge is 0.228 e. The van der Waals surface area contributed by atoms with Crippen LogP contribution in [-0.4, -0.2) is 41.2 Å². The molecule has 2 aliphatic rings. The summed E-state index contributed by atoms with van der Waals surface area (Å²) in [6.45, 7) is 4.16. The SMILES string of the molecule is CCC(=O)N1C[C@H]2CN(Cc3cccc(F)c3)C(=O)[C@H]2C1. The lowest BCUT2D eigenvalue weighted by atomic mass is 10.0. The number of hydrogen-bond acceptors (Lipinski definition) is 2. The number of halogens is 1. The molecule has 1 aromatic rings. The minimum absolute atomic E-state index is 0.0749. The molecule has 0 radical (unpaired) electrons. The molecule has 2 heterocycles. The van der Waals surface area contributed by atoms with Gasteiger partial charge >= 0.3 is 0 Å². The van der Waals surface area contributed by atoms with Crippen LogP contribution >= 0.6 is 0 Å². The lowest BCUT2D eigenvalue weighted by Crippen LogP contribution is -2.35. The number of nitrogens with zero attached hydrogens (tertiary/aromatic N) is 2. The number of carbonyl (C=O) groups is 2. The van der Waals surface area contributed by atoms with Crippen LogP contribution in [0.15, 0.2) is 24.3 Å². The van der Waals surface area contributed by atoms with Gasteiger partial charge < -0.3 is 9.80 Å². The van der Waals surface area contributed by atoms with Crippen molar-refractivity contribution >= 4 is 11.8 Å². The number of amides is 2. The van der Waals surface area contributed by atoms with Crippen molar-refractivity contribution in [2.24, 2.45) is 11.8 Å². The molecule has 0 N–H and O–H groups in total. The summed E-state index contributed by atoms with van der Waals surface area (Å²) in [7, 11) is 0. The molecule has 1 aromatic carbocycles. The van der Waals surface area contributed by atoms with Gasteiger partial charge in [0.2, 0.25) is 11.8 Å². The van der Waals surface area contributed by atoms with E-state index in [1.54, 1.807) is 15.9 Å². The van der Waals surface area contributed by atoms with Crippen LogP contribution in [0.5, 0.6) is 0 Å². The van der Waals surface area contributed by atoms with Crippen LogP contribution in [0.4, 0.5) is 4.39 Å². The Balaban J connectivity index is 1.65. The van der Waals surface area contributed by atoms with Gasteiger partial charge in [0.1, 0.15) is 5.82 Å². The van der Waals surface area contributed by atoms with E-state index in [-0.39, 0.29) is 29.5 Å². The molecule has 0 aliphatic carbocycles. The molecule has 0 spiro atoms. The van der Waals surface area contributed by atoms with Gasteiger partial charge in [0, 0.05) is 38.5 Å². The van der Waals surface area contributed by atoms with Gasteiger partial charge in [-0.3, -0.25) is 9.59 Å². The Morgan fingerprint density at radius 1 is 1.33 bits per heavy atom. The Hall–Kier alpha value is -1.91. The number of fused-ring (bicyclic) bond motifs is 1. The van der Waals surface area contributed by atoms with E-state index in [0.717, 1.165) is 5.56 Å². The largest absolute Gasteiger partial charge is 0.342 e. The highest BCUT2D eigenvalue weighted by atomic mass is 19.1. The normalized spacial score (nSPS) is 24.6. The fourth-order valence-corrected chi connectivity index (χ4v) is 3.37. The fraction of sp³-hybridized carbons (Fsp3) is 0.500. The van der Waals surface area contributed by atoms with Crippen molar-refractivity contribution in [3.05, 3.63) is 35.6 Å². The molecule has 112 valence electrons. The van der Waals surface area contributed by atoms with Crippen molar-refractivity contribution in [3.63, 3.8) is 0 Å². The minimum Gasteiger partial charge on any atom is -0.342 e. The maximum atomic E-state index is 13.2. The molecule has 5 heteroatoms. The maximum Gasteiger partial charge on any atom is 0.228 e. The molecule has 2 saturated heterocycles. The summed E-state index contributed by atoms with van der Waals surface area (Å²) in [6.07, 6.45) is 0.487. The summed E-state index contributed by atoms with van der Waals surface area (Å²) in [4.78, 5) is 27.7. The van der Waals surface area contributed by atoms with Crippen LogP contribution in [0, 0.1) is 17.7 Å². The van der Waals surface area contributed by atoms with E-state index in [0.29, 0.717) is 32.6 Å². The van der Waals surface area contributed by atoms with Crippen LogP contribution in [0.2, 0.25) is 0 Å². The second kappa shape index (κ2) is 5.47. The van der Waals surface area contributed by atoms with Gasteiger partial charge in [-0.1, -0.05) is 19.1 Å². The van der Waals surface area contributed by atoms with Gasteiger partial charge in [0.15, 0.2) is 0 Å². The maximum absolute atomic E-state index is 13.2. The minimum atomic E-state index is -0.279. The molecular weight excluding hydrogens is 271 g/mol. The van der Waals surface area contributed by atoms with Gasteiger partial charge in [-0.2, -0.15) is 0 Å². The summed E-state index contributed by atoms with van der Waals surface area (Å²) in [6, 6.07) is 6.36. The number of benzene rings is 1. The first kappa shape index (κ1) is 14.0. The summed E-state index contributed by atoms with van der Waals surface area (Å²) in [5, 5.41) is 0. The quantitative estimate of drug-likeness (QED) is 0.849. The molecule has 2 fully saturated rings. The number of likely N-dealkylation sites (tertiary alicyclic amines) is 2. The Bertz CT molecular complexity index is 575. The van der Waals surface area contributed by atoms with Crippen molar-refractivity contribution in [1.82, 2.24) is 9.80 Å². The van der Waals surface area contributed by atoms with E-state index in [4.69, 9.17) is 0 Å². The van der Waals surface area contributed by atoms with Gasteiger partial charge in [-0.25, -0.2) is 4.39 Å². The number of rotatable bonds is 3. The van der Waals surface area contributed by atoms with Crippen molar-refractivity contribution < 1.29 is 14.0 Å². The predicted octanol–water partition coefficient (Wildman–Crippen LogP) is 1.65. The first-order valence-corrected chi connectivity index (χ1v) is 7.39. The second-order valence-electron chi connectivity index (χ2n) is 5.87. The van der Waals surface area contributed by atoms with Crippen LogP contribution in [0.3, 0.4) is 0 Å². The monoisotopic (exact) mass is 290 g/mol. The van der Waals surface area contributed by atoms with Crippen LogP contribution in [-0.2, 0) is 16.1 Å². The van der Waals surface area contributed by atoms with E-state index in [1.807, 2.05) is 13.0 Å². The van der Waals surface area contributed by atoms with Crippen molar-refractivity contribution in [3.8, 4) is 0 Å². The van der Waals surface area contributed by atoms with E-state index in [2.05, 4.69) is 0 Å². The second-order valence-corrected chi connectivity index (χ2v) is 5.87. The van der Waals surface area contributed by atoms with Crippen LogP contribution in [0.25, 0.3) is 0 Å². The van der Waals surface area contributed by atoms with Crippen LogP contribution in [0.1, 0.15) is 18.9 Å². The highest BCUT2D eigenvalue weighted by Gasteiger charge is 2.46. The van der Waals surface area contributed by atoms with E-state index in [1.165, 1.54) is 12.1 Å². The van der Waals surface area contributed by atoms with E-state index < -0.39 is 0 Å².